The molecule has 0 aliphatic carbocycles. The molecule has 8 nitrogen and oxygen atoms in total. The number of rotatable bonds is 10. The predicted molar refractivity (Wildman–Crippen MR) is 130 cm³/mol. The summed E-state index contributed by atoms with van der Waals surface area (Å²) < 4.78 is 32.9. The number of carbonyl (C=O) groups is 2. The maximum absolute atomic E-state index is 13.4. The Balaban J connectivity index is 1.86. The van der Waals surface area contributed by atoms with Crippen molar-refractivity contribution >= 4 is 27.5 Å². The summed E-state index contributed by atoms with van der Waals surface area (Å²) in [6, 6.07) is 16.0. The summed E-state index contributed by atoms with van der Waals surface area (Å²) in [5, 5.41) is 2.80. The molecule has 1 heterocycles. The third-order valence-corrected chi connectivity index (χ3v) is 6.78. The molecule has 0 unspecified atom stereocenters. The fourth-order valence-electron chi connectivity index (χ4n) is 3.67. The van der Waals surface area contributed by atoms with Crippen LogP contribution in [0.5, 0.6) is 0 Å². The van der Waals surface area contributed by atoms with E-state index in [1.54, 1.807) is 43.3 Å². The van der Waals surface area contributed by atoms with Crippen LogP contribution in [0.1, 0.15) is 30.2 Å². The molecular weight excluding hydrogens is 454 g/mol. The highest BCUT2D eigenvalue weighted by atomic mass is 32.2. The van der Waals surface area contributed by atoms with Crippen LogP contribution < -0.4 is 14.9 Å². The van der Waals surface area contributed by atoms with E-state index in [-0.39, 0.29) is 17.3 Å². The molecule has 0 fully saturated rings. The average molecular weight is 484 g/mol. The van der Waals surface area contributed by atoms with Crippen molar-refractivity contribution in [2.24, 2.45) is 0 Å². The van der Waals surface area contributed by atoms with Gasteiger partial charge in [-0.3, -0.25) is 14.5 Å². The standard InChI is InChI=1S/C25H29N3O5S/c1-4-22(25(30)26-16-20-9-8-14-33-20)28(23-13-12-18(2)15-19(23)3)24(29)17-27-34(31,32)21-10-6-5-7-11-21/h5-15,22,27H,4,16-17H2,1-3H3,(H,26,30)/t22-/m1/s1. The lowest BCUT2D eigenvalue weighted by Gasteiger charge is -2.32. The minimum atomic E-state index is -3.89. The van der Waals surface area contributed by atoms with Crippen LogP contribution in [0.3, 0.4) is 0 Å². The zero-order valence-electron chi connectivity index (χ0n) is 19.4. The summed E-state index contributed by atoms with van der Waals surface area (Å²) in [7, 11) is -3.89. The third-order valence-electron chi connectivity index (χ3n) is 5.37. The van der Waals surface area contributed by atoms with Gasteiger partial charge in [0.1, 0.15) is 11.8 Å². The smallest absolute Gasteiger partial charge is 0.243 e. The molecule has 0 saturated heterocycles. The Morgan fingerprint density at radius 3 is 2.38 bits per heavy atom. The summed E-state index contributed by atoms with van der Waals surface area (Å²) in [4.78, 5) is 27.9. The monoisotopic (exact) mass is 483 g/mol. The molecule has 0 spiro atoms. The lowest BCUT2D eigenvalue weighted by molar-refractivity contribution is -0.126. The normalized spacial score (nSPS) is 12.2. The lowest BCUT2D eigenvalue weighted by Crippen LogP contribution is -2.52. The van der Waals surface area contributed by atoms with Gasteiger partial charge in [0, 0.05) is 5.69 Å². The van der Waals surface area contributed by atoms with Gasteiger partial charge in [0.2, 0.25) is 21.8 Å². The van der Waals surface area contributed by atoms with E-state index in [1.807, 2.05) is 26.0 Å². The molecule has 180 valence electrons. The number of furan rings is 1. The summed E-state index contributed by atoms with van der Waals surface area (Å²) in [5.74, 6) is -0.312. The van der Waals surface area contributed by atoms with Gasteiger partial charge in [-0.25, -0.2) is 13.1 Å². The number of hydrogen-bond acceptors (Lipinski definition) is 5. The molecule has 1 aromatic heterocycles. The Morgan fingerprint density at radius 2 is 1.76 bits per heavy atom. The topological polar surface area (TPSA) is 109 Å². The van der Waals surface area contributed by atoms with Crippen molar-refractivity contribution in [3.05, 3.63) is 83.8 Å². The van der Waals surface area contributed by atoms with E-state index in [1.165, 1.54) is 23.3 Å². The van der Waals surface area contributed by atoms with Gasteiger partial charge in [0.15, 0.2) is 0 Å². The van der Waals surface area contributed by atoms with E-state index in [2.05, 4.69) is 10.0 Å². The highest BCUT2D eigenvalue weighted by Crippen LogP contribution is 2.25. The summed E-state index contributed by atoms with van der Waals surface area (Å²) in [6.45, 7) is 5.27. The molecule has 0 aliphatic rings. The van der Waals surface area contributed by atoms with Gasteiger partial charge in [0.25, 0.3) is 0 Å². The second kappa shape index (κ2) is 11.1. The summed E-state index contributed by atoms with van der Waals surface area (Å²) >= 11 is 0. The van der Waals surface area contributed by atoms with Gasteiger partial charge in [0.05, 0.1) is 24.2 Å². The van der Waals surface area contributed by atoms with Crippen molar-refractivity contribution < 1.29 is 22.4 Å². The van der Waals surface area contributed by atoms with Gasteiger partial charge in [-0.15, -0.1) is 0 Å². The number of anilines is 1. The zero-order valence-corrected chi connectivity index (χ0v) is 20.3. The zero-order chi connectivity index (χ0) is 24.7. The van der Waals surface area contributed by atoms with E-state index >= 15 is 0 Å². The van der Waals surface area contributed by atoms with Crippen LogP contribution >= 0.6 is 0 Å². The van der Waals surface area contributed by atoms with Gasteiger partial charge >= 0.3 is 0 Å². The van der Waals surface area contributed by atoms with Crippen LogP contribution in [0.15, 0.2) is 76.2 Å². The molecule has 3 aromatic rings. The minimum absolute atomic E-state index is 0.0594. The van der Waals surface area contributed by atoms with E-state index in [4.69, 9.17) is 4.42 Å². The number of hydrogen-bond donors (Lipinski definition) is 2. The van der Waals surface area contributed by atoms with Crippen LogP contribution in [0.2, 0.25) is 0 Å². The second-order valence-electron chi connectivity index (χ2n) is 7.91. The first-order chi connectivity index (χ1) is 16.2. The first kappa shape index (κ1) is 25.2. The molecule has 0 radical (unpaired) electrons. The lowest BCUT2D eigenvalue weighted by atomic mass is 10.1. The van der Waals surface area contributed by atoms with Gasteiger partial charge in [-0.05, 0) is 56.2 Å². The minimum Gasteiger partial charge on any atom is -0.467 e. The molecule has 1 atom stereocenters. The Labute approximate surface area is 200 Å². The number of aryl methyl sites for hydroxylation is 2. The van der Waals surface area contributed by atoms with Gasteiger partial charge in [-0.2, -0.15) is 0 Å². The van der Waals surface area contributed by atoms with E-state index in [9.17, 15) is 18.0 Å². The maximum Gasteiger partial charge on any atom is 0.243 e. The Hall–Kier alpha value is -3.43. The highest BCUT2D eigenvalue weighted by Gasteiger charge is 2.31. The quantitative estimate of drug-likeness (QED) is 0.460. The number of sulfonamides is 1. The number of nitrogens with zero attached hydrogens (tertiary/aromatic N) is 1. The van der Waals surface area contributed by atoms with Crippen molar-refractivity contribution in [2.75, 3.05) is 11.4 Å². The van der Waals surface area contributed by atoms with Crippen LogP contribution in [-0.4, -0.2) is 32.8 Å². The van der Waals surface area contributed by atoms with Gasteiger partial charge < -0.3 is 9.73 Å². The largest absolute Gasteiger partial charge is 0.467 e. The first-order valence-electron chi connectivity index (χ1n) is 11.0. The van der Waals surface area contributed by atoms with Gasteiger partial charge in [-0.1, -0.05) is 42.8 Å². The van der Waals surface area contributed by atoms with Crippen LogP contribution in [0.4, 0.5) is 5.69 Å². The fourth-order valence-corrected chi connectivity index (χ4v) is 4.66. The van der Waals surface area contributed by atoms with Crippen LogP contribution in [-0.2, 0) is 26.2 Å². The molecule has 0 aliphatic heterocycles. The molecule has 34 heavy (non-hydrogen) atoms. The van der Waals surface area contributed by atoms with E-state index < -0.39 is 28.5 Å². The van der Waals surface area contributed by atoms with Crippen LogP contribution in [0, 0.1) is 13.8 Å². The second-order valence-corrected chi connectivity index (χ2v) is 9.68. The van der Waals surface area contributed by atoms with E-state index in [0.717, 1.165) is 11.1 Å². The molecule has 2 amide bonds. The van der Waals surface area contributed by atoms with Crippen LogP contribution in [0.25, 0.3) is 0 Å². The maximum atomic E-state index is 13.4. The molecule has 0 bridgehead atoms. The number of amides is 2. The molecule has 0 saturated carbocycles. The Bertz CT molecular complexity index is 1220. The highest BCUT2D eigenvalue weighted by molar-refractivity contribution is 7.89. The van der Waals surface area contributed by atoms with Crippen molar-refractivity contribution in [1.29, 1.82) is 0 Å². The molecule has 3 rings (SSSR count). The van der Waals surface area contributed by atoms with Crippen molar-refractivity contribution in [3.8, 4) is 0 Å². The molecule has 2 aromatic carbocycles. The first-order valence-corrected chi connectivity index (χ1v) is 12.5. The van der Waals surface area contributed by atoms with E-state index in [0.29, 0.717) is 17.9 Å². The molecular formula is C25H29N3O5S. The Kier molecular flexibility index (Phi) is 8.25. The third kappa shape index (κ3) is 6.12. The summed E-state index contributed by atoms with van der Waals surface area (Å²) in [6.07, 6.45) is 1.84. The predicted octanol–water partition coefficient (Wildman–Crippen LogP) is 3.30. The number of benzene rings is 2. The SMILES string of the molecule is CC[C@H](C(=O)NCc1ccco1)N(C(=O)CNS(=O)(=O)c1ccccc1)c1ccc(C)cc1C. The molecule has 2 N–H and O–H groups in total. The number of nitrogens with one attached hydrogen (secondary N) is 2. The molecule has 9 heteroatoms. The Morgan fingerprint density at radius 1 is 1.03 bits per heavy atom. The van der Waals surface area contributed by atoms with Crippen molar-refractivity contribution in [2.45, 2.75) is 44.7 Å². The average Bonchev–Trinajstić information content (AvgIpc) is 3.34. The fraction of sp³-hybridized carbons (Fsp3) is 0.280. The van der Waals surface area contributed by atoms with Crippen molar-refractivity contribution in [1.82, 2.24) is 10.0 Å². The summed E-state index contributed by atoms with van der Waals surface area (Å²) in [5.41, 5.74) is 2.36. The van der Waals surface area contributed by atoms with Crippen molar-refractivity contribution in [3.63, 3.8) is 0 Å². The number of carbonyl (C=O) groups excluding carboxylic acids is 2.